The van der Waals surface area contributed by atoms with Gasteiger partial charge in [0.25, 0.3) is 0 Å². The van der Waals surface area contributed by atoms with Gasteiger partial charge in [-0.25, -0.2) is 0 Å². The van der Waals surface area contributed by atoms with Crippen molar-refractivity contribution in [2.75, 3.05) is 19.5 Å². The Morgan fingerprint density at radius 3 is 1.89 bits per heavy atom. The quantitative estimate of drug-likeness (QED) is 0.498. The third kappa shape index (κ3) is 5.74. The summed E-state index contributed by atoms with van der Waals surface area (Å²) in [7, 11) is -0.450. The zero-order valence-corrected chi connectivity index (χ0v) is 18.2. The molecule has 2 rings (SSSR count). The van der Waals surface area contributed by atoms with Gasteiger partial charge in [-0.15, -0.1) is 0 Å². The summed E-state index contributed by atoms with van der Waals surface area (Å²) in [5, 5.41) is 3.33. The number of hydrogen-bond acceptors (Lipinski definition) is 6. The van der Waals surface area contributed by atoms with E-state index in [-0.39, 0.29) is 12.2 Å². The van der Waals surface area contributed by atoms with Gasteiger partial charge in [0.2, 0.25) is 0 Å². The monoisotopic (exact) mass is 407 g/mol. The van der Waals surface area contributed by atoms with Crippen LogP contribution in [-0.2, 0) is 13.6 Å². The average Bonchev–Trinajstić information content (AvgIpc) is 2.65. The summed E-state index contributed by atoms with van der Waals surface area (Å²) in [5.74, 6) is 0.411. The van der Waals surface area contributed by atoms with Crippen molar-refractivity contribution in [1.82, 2.24) is 0 Å². The van der Waals surface area contributed by atoms with Crippen molar-refractivity contribution in [1.29, 1.82) is 0 Å². The minimum atomic E-state index is -3.59. The Hall–Kier alpha value is -2.01. The maximum Gasteiger partial charge on any atom is 0.357 e. The first-order valence-electron chi connectivity index (χ1n) is 9.29. The van der Waals surface area contributed by atoms with E-state index < -0.39 is 13.4 Å². The molecule has 0 aliphatic rings. The van der Waals surface area contributed by atoms with Crippen LogP contribution in [0.1, 0.15) is 39.0 Å². The number of methoxy groups -OCH3 is 2. The Labute approximate surface area is 167 Å². The fourth-order valence-corrected chi connectivity index (χ4v) is 5.10. The van der Waals surface area contributed by atoms with Gasteiger partial charge in [0.05, 0.1) is 26.4 Å². The summed E-state index contributed by atoms with van der Waals surface area (Å²) >= 11 is 0. The lowest BCUT2D eigenvalue weighted by atomic mass is 10.2. The second-order valence-corrected chi connectivity index (χ2v) is 8.89. The second-order valence-electron chi connectivity index (χ2n) is 6.88. The lowest BCUT2D eigenvalue weighted by Gasteiger charge is -2.31. The number of benzene rings is 2. The minimum absolute atomic E-state index is 0.273. The smallest absolute Gasteiger partial charge is 0.357 e. The van der Waals surface area contributed by atoms with Crippen molar-refractivity contribution in [2.45, 2.75) is 45.7 Å². The van der Waals surface area contributed by atoms with Gasteiger partial charge < -0.3 is 23.8 Å². The highest BCUT2D eigenvalue weighted by atomic mass is 31.2. The van der Waals surface area contributed by atoms with E-state index in [2.05, 4.69) is 5.32 Å². The number of hydrogen-bond donors (Lipinski definition) is 1. The maximum atomic E-state index is 13.9. The average molecular weight is 407 g/mol. The van der Waals surface area contributed by atoms with Crippen LogP contribution in [0.4, 0.5) is 5.69 Å². The number of ether oxygens (including phenoxy) is 2. The molecule has 0 heterocycles. The Bertz CT molecular complexity index is 781. The molecular formula is C21H30NO5P. The maximum absolute atomic E-state index is 13.9. The Morgan fingerprint density at radius 2 is 1.39 bits per heavy atom. The van der Waals surface area contributed by atoms with Crippen molar-refractivity contribution in [3.63, 3.8) is 0 Å². The molecule has 154 valence electrons. The van der Waals surface area contributed by atoms with Crippen molar-refractivity contribution >= 4 is 13.3 Å². The van der Waals surface area contributed by atoms with Crippen LogP contribution in [-0.4, -0.2) is 26.4 Å². The molecule has 28 heavy (non-hydrogen) atoms. The summed E-state index contributed by atoms with van der Waals surface area (Å²) in [4.78, 5) is 0. The van der Waals surface area contributed by atoms with Crippen molar-refractivity contribution in [3.8, 4) is 11.5 Å². The minimum Gasteiger partial charge on any atom is -0.493 e. The topological polar surface area (TPSA) is 66.0 Å². The van der Waals surface area contributed by atoms with E-state index in [4.69, 9.17) is 18.5 Å². The summed E-state index contributed by atoms with van der Waals surface area (Å²) in [5.41, 5.74) is 1.52. The molecule has 0 amide bonds. The van der Waals surface area contributed by atoms with E-state index in [1.165, 1.54) is 0 Å². The van der Waals surface area contributed by atoms with E-state index in [1.807, 2.05) is 64.1 Å². The Morgan fingerprint density at radius 1 is 0.821 bits per heavy atom. The van der Waals surface area contributed by atoms with Crippen molar-refractivity contribution in [3.05, 3.63) is 54.1 Å². The Kier molecular flexibility index (Phi) is 7.93. The molecule has 7 heteroatoms. The normalized spacial score (nSPS) is 12.9. The van der Waals surface area contributed by atoms with Crippen LogP contribution in [0.2, 0.25) is 0 Å². The molecule has 6 nitrogen and oxygen atoms in total. The molecule has 0 bridgehead atoms. The molecule has 0 saturated carbocycles. The number of rotatable bonds is 10. The third-order valence-corrected chi connectivity index (χ3v) is 6.32. The Balaban J connectivity index is 2.56. The standard InChI is InChI=1S/C21H30NO5P/c1-15(2)26-28(23,27-16(3)4)21(22-18-10-8-7-9-11-18)17-12-13-19(24-5)20(14-17)25-6/h7-16,21-22H,1-6H3/t21-/m0/s1. The highest BCUT2D eigenvalue weighted by Crippen LogP contribution is 2.62. The van der Waals surface area contributed by atoms with Gasteiger partial charge in [-0.05, 0) is 57.5 Å². The van der Waals surface area contributed by atoms with Gasteiger partial charge in [0.1, 0.15) is 0 Å². The zero-order valence-electron chi connectivity index (χ0n) is 17.3. The van der Waals surface area contributed by atoms with Crippen LogP contribution in [0.25, 0.3) is 0 Å². The molecule has 1 atom stereocenters. The van der Waals surface area contributed by atoms with Gasteiger partial charge in [-0.2, -0.15) is 0 Å². The molecule has 2 aromatic carbocycles. The molecule has 1 N–H and O–H groups in total. The van der Waals surface area contributed by atoms with Gasteiger partial charge >= 0.3 is 7.60 Å². The van der Waals surface area contributed by atoms with E-state index in [9.17, 15) is 4.57 Å². The van der Waals surface area contributed by atoms with Gasteiger partial charge in [-0.1, -0.05) is 24.3 Å². The number of nitrogens with one attached hydrogen (secondary N) is 1. The summed E-state index contributed by atoms with van der Waals surface area (Å²) in [6.45, 7) is 7.35. The molecule has 0 aliphatic heterocycles. The first-order valence-corrected chi connectivity index (χ1v) is 10.9. The van der Waals surface area contributed by atoms with Crippen LogP contribution < -0.4 is 14.8 Å². The predicted octanol–water partition coefficient (Wildman–Crippen LogP) is 5.86. The molecule has 0 saturated heterocycles. The lowest BCUT2D eigenvalue weighted by Crippen LogP contribution is -2.19. The third-order valence-electron chi connectivity index (χ3n) is 3.83. The molecule has 0 aromatic heterocycles. The van der Waals surface area contributed by atoms with Gasteiger partial charge in [0.15, 0.2) is 17.3 Å². The molecule has 2 aromatic rings. The van der Waals surface area contributed by atoms with E-state index in [0.717, 1.165) is 5.69 Å². The number of anilines is 1. The molecule has 0 unspecified atom stereocenters. The van der Waals surface area contributed by atoms with E-state index >= 15 is 0 Å². The highest BCUT2D eigenvalue weighted by Gasteiger charge is 2.40. The number of para-hydroxylation sites is 1. The summed E-state index contributed by atoms with van der Waals surface area (Å²) in [6.07, 6.45) is -0.547. The van der Waals surface area contributed by atoms with Crippen LogP contribution in [0.5, 0.6) is 11.5 Å². The molecule has 0 radical (unpaired) electrons. The van der Waals surface area contributed by atoms with Crippen LogP contribution in [0, 0.1) is 0 Å². The predicted molar refractivity (Wildman–Crippen MR) is 112 cm³/mol. The van der Waals surface area contributed by atoms with E-state index in [0.29, 0.717) is 17.1 Å². The van der Waals surface area contributed by atoms with Crippen LogP contribution in [0.15, 0.2) is 48.5 Å². The second kappa shape index (κ2) is 9.97. The van der Waals surface area contributed by atoms with E-state index in [1.54, 1.807) is 26.4 Å². The first-order chi connectivity index (χ1) is 13.3. The van der Waals surface area contributed by atoms with Gasteiger partial charge in [-0.3, -0.25) is 4.57 Å². The fraction of sp³-hybridized carbons (Fsp3) is 0.429. The molecule has 0 fully saturated rings. The molecular weight excluding hydrogens is 377 g/mol. The van der Waals surface area contributed by atoms with Crippen LogP contribution in [0.3, 0.4) is 0 Å². The lowest BCUT2D eigenvalue weighted by molar-refractivity contribution is 0.138. The SMILES string of the molecule is COc1ccc([C@@H](Nc2ccccc2)P(=O)(OC(C)C)OC(C)C)cc1OC. The summed E-state index contributed by atoms with van der Waals surface area (Å²) < 4.78 is 36.4. The van der Waals surface area contributed by atoms with Crippen LogP contribution >= 0.6 is 7.60 Å². The van der Waals surface area contributed by atoms with Crippen molar-refractivity contribution in [2.24, 2.45) is 0 Å². The molecule has 0 aliphatic carbocycles. The molecule has 0 spiro atoms. The summed E-state index contributed by atoms with van der Waals surface area (Å²) in [6, 6.07) is 15.0. The highest BCUT2D eigenvalue weighted by molar-refractivity contribution is 7.54. The van der Waals surface area contributed by atoms with Gasteiger partial charge in [0, 0.05) is 5.69 Å². The first kappa shape index (κ1) is 22.3. The fourth-order valence-electron chi connectivity index (χ4n) is 2.79. The zero-order chi connectivity index (χ0) is 20.7. The largest absolute Gasteiger partial charge is 0.493 e. The van der Waals surface area contributed by atoms with Crippen molar-refractivity contribution < 1.29 is 23.1 Å².